The van der Waals surface area contributed by atoms with Crippen molar-refractivity contribution in [3.05, 3.63) is 18.1 Å². The Bertz CT molecular complexity index is 1300. The van der Waals surface area contributed by atoms with Crippen molar-refractivity contribution < 1.29 is 56.3 Å². The van der Waals surface area contributed by atoms with Crippen LogP contribution in [0, 0.1) is 11.8 Å². The van der Waals surface area contributed by atoms with Gasteiger partial charge in [-0.15, -0.1) is 0 Å². The third kappa shape index (κ3) is 7.66. The summed E-state index contributed by atoms with van der Waals surface area (Å²) in [5, 5.41) is 10.9. The number of phosphoric acid groups is 3. The van der Waals surface area contributed by atoms with Gasteiger partial charge >= 0.3 is 23.5 Å². The van der Waals surface area contributed by atoms with Gasteiger partial charge < -0.3 is 39.7 Å². The van der Waals surface area contributed by atoms with E-state index in [-0.39, 0.29) is 12.2 Å². The molecule has 2 unspecified atom stereocenters. The topological polar surface area (TPSA) is 246 Å². The molecule has 19 heteroatoms. The second-order valence-corrected chi connectivity index (χ2v) is 12.1. The number of ether oxygens (including phenoxy) is 1. The Morgan fingerprint density at radius 1 is 1.19 bits per heavy atom. The van der Waals surface area contributed by atoms with E-state index in [0.29, 0.717) is 23.0 Å². The molecule has 3 rings (SSSR count). The fraction of sp³-hybridized carbons (Fsp3) is 0.529. The van der Waals surface area contributed by atoms with Gasteiger partial charge in [0.05, 0.1) is 23.7 Å². The predicted molar refractivity (Wildman–Crippen MR) is 123 cm³/mol. The molecule has 200 valence electrons. The van der Waals surface area contributed by atoms with Crippen LogP contribution in [0.4, 0.5) is 5.82 Å². The first kappa shape index (κ1) is 28.9. The molecule has 7 N–H and O–H groups in total. The molecule has 1 saturated heterocycles. The number of aliphatic hydroxyl groups is 1. The molecular weight excluding hydrogens is 545 g/mol. The van der Waals surface area contributed by atoms with Crippen molar-refractivity contribution >= 4 is 40.3 Å². The molecule has 1 fully saturated rings. The van der Waals surface area contributed by atoms with Gasteiger partial charge in [0.15, 0.2) is 0 Å². The van der Waals surface area contributed by atoms with Crippen LogP contribution in [0.3, 0.4) is 0 Å². The summed E-state index contributed by atoms with van der Waals surface area (Å²) in [6, 6.07) is 0. The largest absolute Gasteiger partial charge is 0.490 e. The third-order valence-corrected chi connectivity index (χ3v) is 8.65. The number of anilines is 1. The van der Waals surface area contributed by atoms with Crippen molar-refractivity contribution in [1.29, 1.82) is 0 Å². The fourth-order valence-electron chi connectivity index (χ4n) is 3.35. The molecule has 0 saturated carbocycles. The molecule has 0 aromatic carbocycles. The Labute approximate surface area is 204 Å². The quantitative estimate of drug-likeness (QED) is 0.135. The van der Waals surface area contributed by atoms with Crippen LogP contribution >= 0.6 is 23.5 Å². The van der Waals surface area contributed by atoms with E-state index in [9.17, 15) is 28.6 Å². The molecule has 5 atom stereocenters. The average molecular weight is 570 g/mol. The fourth-order valence-corrected chi connectivity index (χ4v) is 6.38. The van der Waals surface area contributed by atoms with Gasteiger partial charge in [0, 0.05) is 19.0 Å². The SMILES string of the molecule is CCCCC#Cc1cn([C@H]2C[C@H](O)[C@@H](COP(=O)(O)OP(=O)(O)OP(=O)(O)O)O2)c2ncnc(N)c12. The first-order valence-corrected chi connectivity index (χ1v) is 14.9. The molecule has 2 aromatic rings. The second-order valence-electron chi connectivity index (χ2n) is 7.63. The van der Waals surface area contributed by atoms with E-state index in [0.717, 1.165) is 12.8 Å². The van der Waals surface area contributed by atoms with Crippen LogP contribution in [0.2, 0.25) is 0 Å². The zero-order valence-electron chi connectivity index (χ0n) is 18.8. The highest BCUT2D eigenvalue weighted by atomic mass is 31.3. The lowest BCUT2D eigenvalue weighted by atomic mass is 10.2. The van der Waals surface area contributed by atoms with E-state index in [2.05, 4.69) is 35.0 Å². The van der Waals surface area contributed by atoms with Gasteiger partial charge in [-0.2, -0.15) is 8.62 Å². The van der Waals surface area contributed by atoms with Crippen LogP contribution < -0.4 is 5.73 Å². The second kappa shape index (κ2) is 11.4. The Morgan fingerprint density at radius 3 is 2.58 bits per heavy atom. The number of hydrogen-bond donors (Lipinski definition) is 6. The summed E-state index contributed by atoms with van der Waals surface area (Å²) >= 11 is 0. The number of fused-ring (bicyclic) bond motifs is 1. The third-order valence-electron chi connectivity index (χ3n) is 4.85. The average Bonchev–Trinajstić information content (AvgIpc) is 3.28. The maximum absolute atomic E-state index is 12.0. The summed E-state index contributed by atoms with van der Waals surface area (Å²) in [5.74, 6) is 6.28. The van der Waals surface area contributed by atoms with Gasteiger partial charge in [-0.1, -0.05) is 25.2 Å². The Kier molecular flexibility index (Phi) is 9.12. The van der Waals surface area contributed by atoms with E-state index in [1.54, 1.807) is 10.8 Å². The monoisotopic (exact) mass is 570 g/mol. The van der Waals surface area contributed by atoms with Crippen molar-refractivity contribution in [3.63, 3.8) is 0 Å². The smallest absolute Gasteiger partial charge is 0.390 e. The molecule has 1 aliphatic rings. The maximum Gasteiger partial charge on any atom is 0.490 e. The number of unbranched alkanes of at least 4 members (excludes halogenated alkanes) is 2. The highest BCUT2D eigenvalue weighted by molar-refractivity contribution is 7.66. The zero-order valence-corrected chi connectivity index (χ0v) is 21.5. The number of nitrogen functional groups attached to an aromatic ring is 1. The summed E-state index contributed by atoms with van der Waals surface area (Å²) in [4.78, 5) is 44.2. The molecule has 1 aliphatic heterocycles. The number of aliphatic hydroxyl groups excluding tert-OH is 1. The van der Waals surface area contributed by atoms with Crippen LogP contribution in [0.1, 0.15) is 44.4 Å². The van der Waals surface area contributed by atoms with Crippen LogP contribution in [0.25, 0.3) is 11.0 Å². The minimum atomic E-state index is -5.66. The minimum Gasteiger partial charge on any atom is -0.390 e. The number of nitrogens with two attached hydrogens (primary N) is 1. The lowest BCUT2D eigenvalue weighted by Crippen LogP contribution is -2.26. The molecule has 0 bridgehead atoms. The van der Waals surface area contributed by atoms with Crippen molar-refractivity contribution in [2.75, 3.05) is 12.3 Å². The van der Waals surface area contributed by atoms with Gasteiger partial charge in [0.1, 0.15) is 30.1 Å². The highest BCUT2D eigenvalue weighted by Crippen LogP contribution is 2.66. The molecule has 0 spiro atoms. The summed E-state index contributed by atoms with van der Waals surface area (Å²) < 4.78 is 53.3. The summed E-state index contributed by atoms with van der Waals surface area (Å²) in [5.41, 5.74) is 6.95. The Morgan fingerprint density at radius 2 is 1.92 bits per heavy atom. The first-order valence-electron chi connectivity index (χ1n) is 10.4. The summed E-state index contributed by atoms with van der Waals surface area (Å²) in [6.45, 7) is 1.25. The molecule has 2 aromatic heterocycles. The Hall–Kier alpha value is -1.69. The first-order chi connectivity index (χ1) is 16.7. The predicted octanol–water partition coefficient (Wildman–Crippen LogP) is 1.55. The van der Waals surface area contributed by atoms with E-state index < -0.39 is 48.5 Å². The van der Waals surface area contributed by atoms with E-state index >= 15 is 0 Å². The van der Waals surface area contributed by atoms with Crippen molar-refractivity contribution in [1.82, 2.24) is 14.5 Å². The van der Waals surface area contributed by atoms with Crippen LogP contribution in [-0.2, 0) is 31.6 Å². The van der Waals surface area contributed by atoms with Gasteiger partial charge in [0.2, 0.25) is 0 Å². The highest BCUT2D eigenvalue weighted by Gasteiger charge is 2.43. The molecule has 0 aliphatic carbocycles. The van der Waals surface area contributed by atoms with E-state index in [4.69, 9.17) is 20.3 Å². The number of nitrogens with zero attached hydrogens (tertiary/aromatic N) is 3. The minimum absolute atomic E-state index is 0.000809. The lowest BCUT2D eigenvalue weighted by molar-refractivity contribution is -0.0421. The lowest BCUT2D eigenvalue weighted by Gasteiger charge is -2.19. The maximum atomic E-state index is 12.0. The van der Waals surface area contributed by atoms with Crippen LogP contribution in [0.5, 0.6) is 0 Å². The molecule has 36 heavy (non-hydrogen) atoms. The zero-order chi connectivity index (χ0) is 26.7. The van der Waals surface area contributed by atoms with Gasteiger partial charge in [0.25, 0.3) is 0 Å². The number of aromatic nitrogens is 3. The summed E-state index contributed by atoms with van der Waals surface area (Å²) in [6.07, 6.45) is 2.24. The standard InChI is InChI=1S/C17H25N4O12P3/c1-2-3-4-5-6-11-8-21(17-15(11)16(18)19-10-20-17)14-7-12(22)13(31-14)9-30-35(26,27)33-36(28,29)32-34(23,24)25/h8,10,12-14,22H,2-4,7,9H2,1H3,(H,26,27)(H,28,29)(H2,18,19,20)(H2,23,24,25)/t12-,13+,14+/m0/s1. The molecule has 16 nitrogen and oxygen atoms in total. The van der Waals surface area contributed by atoms with Crippen molar-refractivity contribution in [2.45, 2.75) is 51.0 Å². The van der Waals surface area contributed by atoms with Gasteiger partial charge in [-0.05, 0) is 6.42 Å². The Balaban J connectivity index is 1.73. The van der Waals surface area contributed by atoms with E-state index in [1.807, 2.05) is 6.92 Å². The number of phosphoric ester groups is 1. The van der Waals surface area contributed by atoms with Crippen molar-refractivity contribution in [3.8, 4) is 11.8 Å². The molecular formula is C17H25N4O12P3. The van der Waals surface area contributed by atoms with Crippen LogP contribution in [0.15, 0.2) is 12.5 Å². The number of hydrogen-bond acceptors (Lipinski definition) is 11. The summed E-state index contributed by atoms with van der Waals surface area (Å²) in [7, 11) is -16.5. The normalized spacial score (nSPS) is 23.7. The molecule has 0 amide bonds. The van der Waals surface area contributed by atoms with Crippen molar-refractivity contribution in [2.24, 2.45) is 0 Å². The van der Waals surface area contributed by atoms with Gasteiger partial charge in [-0.25, -0.2) is 23.7 Å². The molecule has 3 heterocycles. The van der Waals surface area contributed by atoms with E-state index in [1.165, 1.54) is 6.33 Å². The van der Waals surface area contributed by atoms with Gasteiger partial charge in [-0.3, -0.25) is 4.52 Å². The van der Waals surface area contributed by atoms with Crippen LogP contribution in [-0.4, -0.2) is 58.0 Å². The molecule has 0 radical (unpaired) electrons. The number of rotatable bonds is 10.